The Morgan fingerprint density at radius 3 is 1.93 bits per heavy atom. The summed E-state index contributed by atoms with van der Waals surface area (Å²) in [5.74, 6) is -2.16. The van der Waals surface area contributed by atoms with E-state index in [1.165, 1.54) is 0 Å². The van der Waals surface area contributed by atoms with E-state index in [-0.39, 0.29) is 12.8 Å². The summed E-state index contributed by atoms with van der Waals surface area (Å²) in [6.07, 6.45) is 4.12. The molecule has 0 heterocycles. The molecule has 0 amide bonds. The molecule has 2 saturated carbocycles. The summed E-state index contributed by atoms with van der Waals surface area (Å²) in [4.78, 5) is 0. The Morgan fingerprint density at radius 1 is 1.07 bits per heavy atom. The van der Waals surface area contributed by atoms with Crippen LogP contribution in [0.4, 0.5) is 8.78 Å². The lowest BCUT2D eigenvalue weighted by Gasteiger charge is -2.52. The summed E-state index contributed by atoms with van der Waals surface area (Å²) in [6.45, 7) is 4.50. The summed E-state index contributed by atoms with van der Waals surface area (Å²) < 4.78 is 25.7. The van der Waals surface area contributed by atoms with Crippen LogP contribution in [0.2, 0.25) is 0 Å². The zero-order chi connectivity index (χ0) is 11.3. The van der Waals surface area contributed by atoms with Gasteiger partial charge in [-0.25, -0.2) is 8.78 Å². The Hall–Kier alpha value is -0.180. The minimum absolute atomic E-state index is 0.0922. The second-order valence-corrected chi connectivity index (χ2v) is 6.38. The van der Waals surface area contributed by atoms with E-state index in [0.29, 0.717) is 11.3 Å². The molecule has 2 fully saturated rings. The van der Waals surface area contributed by atoms with Gasteiger partial charge in [0.1, 0.15) is 0 Å². The van der Waals surface area contributed by atoms with Crippen molar-refractivity contribution >= 4 is 0 Å². The SMILES string of the molecule is CC1(C)CCC(C2(N)CC(F)(F)C2)CC1. The van der Waals surface area contributed by atoms with Crippen LogP contribution in [0.3, 0.4) is 0 Å². The summed E-state index contributed by atoms with van der Waals surface area (Å²) in [5, 5.41) is 0. The molecule has 0 aliphatic heterocycles. The molecule has 2 aliphatic rings. The number of hydrogen-bond donors (Lipinski definition) is 1. The van der Waals surface area contributed by atoms with Crippen molar-refractivity contribution in [1.29, 1.82) is 0 Å². The van der Waals surface area contributed by atoms with Crippen molar-refractivity contribution in [2.75, 3.05) is 0 Å². The molecule has 2 N–H and O–H groups in total. The third kappa shape index (κ3) is 2.17. The molecule has 0 radical (unpaired) electrons. The van der Waals surface area contributed by atoms with Gasteiger partial charge in [-0.2, -0.15) is 0 Å². The topological polar surface area (TPSA) is 26.0 Å². The smallest absolute Gasteiger partial charge is 0.251 e. The van der Waals surface area contributed by atoms with E-state index in [4.69, 9.17) is 5.73 Å². The second-order valence-electron chi connectivity index (χ2n) is 6.38. The fourth-order valence-corrected chi connectivity index (χ4v) is 3.17. The fourth-order valence-electron chi connectivity index (χ4n) is 3.17. The first kappa shape index (κ1) is 11.3. The Labute approximate surface area is 90.4 Å². The number of alkyl halides is 2. The standard InChI is InChI=1S/C12H21F2N/c1-10(2)5-3-9(4-6-10)11(15)7-12(13,14)8-11/h9H,3-8,15H2,1-2H3. The Balaban J connectivity index is 1.92. The number of nitrogens with two attached hydrogens (primary N) is 1. The van der Waals surface area contributed by atoms with Crippen LogP contribution in [-0.4, -0.2) is 11.5 Å². The molecule has 0 saturated heterocycles. The van der Waals surface area contributed by atoms with Gasteiger partial charge in [0.15, 0.2) is 0 Å². The molecule has 0 aromatic heterocycles. The van der Waals surface area contributed by atoms with Crippen LogP contribution >= 0.6 is 0 Å². The number of hydrogen-bond acceptors (Lipinski definition) is 1. The highest BCUT2D eigenvalue weighted by molar-refractivity contribution is 5.08. The van der Waals surface area contributed by atoms with Crippen molar-refractivity contribution in [3.8, 4) is 0 Å². The Morgan fingerprint density at radius 2 is 1.53 bits per heavy atom. The van der Waals surface area contributed by atoms with Crippen LogP contribution < -0.4 is 5.73 Å². The molecule has 0 unspecified atom stereocenters. The molecule has 3 heteroatoms. The molecule has 2 rings (SSSR count). The molecule has 88 valence electrons. The number of rotatable bonds is 1. The monoisotopic (exact) mass is 217 g/mol. The van der Waals surface area contributed by atoms with Gasteiger partial charge in [-0.1, -0.05) is 13.8 Å². The summed E-state index contributed by atoms with van der Waals surface area (Å²) in [6, 6.07) is 0. The van der Waals surface area contributed by atoms with Crippen LogP contribution in [-0.2, 0) is 0 Å². The van der Waals surface area contributed by atoms with Gasteiger partial charge in [0, 0.05) is 18.4 Å². The van der Waals surface area contributed by atoms with Crippen LogP contribution in [0.25, 0.3) is 0 Å². The maximum atomic E-state index is 12.9. The van der Waals surface area contributed by atoms with Gasteiger partial charge in [-0.3, -0.25) is 0 Å². The highest BCUT2D eigenvalue weighted by atomic mass is 19.3. The average Bonchev–Trinajstić information content (AvgIpc) is 1.99. The summed E-state index contributed by atoms with van der Waals surface area (Å²) >= 11 is 0. The summed E-state index contributed by atoms with van der Waals surface area (Å²) in [5.41, 5.74) is 5.89. The molecular formula is C12H21F2N. The zero-order valence-electron chi connectivity index (χ0n) is 9.65. The lowest BCUT2D eigenvalue weighted by molar-refractivity contribution is -0.145. The maximum absolute atomic E-state index is 12.9. The predicted octanol–water partition coefficient (Wildman–Crippen LogP) is 3.33. The van der Waals surface area contributed by atoms with E-state index in [1.807, 2.05) is 0 Å². The molecule has 0 aromatic carbocycles. The largest absolute Gasteiger partial charge is 0.324 e. The van der Waals surface area contributed by atoms with Crippen molar-refractivity contribution < 1.29 is 8.78 Å². The lowest BCUT2D eigenvalue weighted by atomic mass is 9.59. The van der Waals surface area contributed by atoms with E-state index in [1.54, 1.807) is 0 Å². The Bertz CT molecular complexity index is 242. The minimum atomic E-state index is -2.48. The van der Waals surface area contributed by atoms with Crippen LogP contribution in [0.5, 0.6) is 0 Å². The first-order valence-corrected chi connectivity index (χ1v) is 5.89. The first-order valence-electron chi connectivity index (χ1n) is 5.89. The van der Waals surface area contributed by atoms with Gasteiger partial charge in [0.25, 0.3) is 5.92 Å². The van der Waals surface area contributed by atoms with Crippen LogP contribution in [0, 0.1) is 11.3 Å². The van der Waals surface area contributed by atoms with Gasteiger partial charge >= 0.3 is 0 Å². The van der Waals surface area contributed by atoms with Crippen LogP contribution in [0.1, 0.15) is 52.4 Å². The van der Waals surface area contributed by atoms with E-state index >= 15 is 0 Å². The van der Waals surface area contributed by atoms with E-state index in [0.717, 1.165) is 25.7 Å². The minimum Gasteiger partial charge on any atom is -0.324 e. The van der Waals surface area contributed by atoms with E-state index in [2.05, 4.69) is 13.8 Å². The van der Waals surface area contributed by atoms with E-state index < -0.39 is 11.5 Å². The number of halogens is 2. The molecule has 15 heavy (non-hydrogen) atoms. The quantitative estimate of drug-likeness (QED) is 0.716. The predicted molar refractivity (Wildman–Crippen MR) is 56.8 cm³/mol. The molecule has 1 nitrogen and oxygen atoms in total. The van der Waals surface area contributed by atoms with Gasteiger partial charge in [0.05, 0.1) is 0 Å². The zero-order valence-corrected chi connectivity index (χ0v) is 9.65. The average molecular weight is 217 g/mol. The van der Waals surface area contributed by atoms with Crippen molar-refractivity contribution in [2.45, 2.75) is 63.8 Å². The van der Waals surface area contributed by atoms with Gasteiger partial charge < -0.3 is 5.73 Å². The lowest BCUT2D eigenvalue weighted by Crippen LogP contribution is -2.63. The van der Waals surface area contributed by atoms with Crippen molar-refractivity contribution in [3.05, 3.63) is 0 Å². The first-order chi connectivity index (χ1) is 6.73. The summed E-state index contributed by atoms with van der Waals surface area (Å²) in [7, 11) is 0. The van der Waals surface area contributed by atoms with Crippen LogP contribution in [0.15, 0.2) is 0 Å². The molecule has 0 atom stereocenters. The molecule has 2 aliphatic carbocycles. The van der Waals surface area contributed by atoms with Crippen molar-refractivity contribution in [2.24, 2.45) is 17.1 Å². The van der Waals surface area contributed by atoms with E-state index in [9.17, 15) is 8.78 Å². The van der Waals surface area contributed by atoms with Crippen molar-refractivity contribution in [3.63, 3.8) is 0 Å². The highest BCUT2D eigenvalue weighted by Gasteiger charge is 2.57. The van der Waals surface area contributed by atoms with Crippen molar-refractivity contribution in [1.82, 2.24) is 0 Å². The van der Waals surface area contributed by atoms with Gasteiger partial charge in [0.2, 0.25) is 0 Å². The third-order valence-electron chi connectivity index (χ3n) is 4.33. The highest BCUT2D eigenvalue weighted by Crippen LogP contribution is 2.53. The normalized spacial score (nSPS) is 33.4. The van der Waals surface area contributed by atoms with Gasteiger partial charge in [-0.15, -0.1) is 0 Å². The molecule has 0 aromatic rings. The molecule has 0 spiro atoms. The second kappa shape index (κ2) is 3.16. The van der Waals surface area contributed by atoms with Gasteiger partial charge in [-0.05, 0) is 37.0 Å². The molecule has 0 bridgehead atoms. The fraction of sp³-hybridized carbons (Fsp3) is 1.00. The maximum Gasteiger partial charge on any atom is 0.251 e. The third-order valence-corrected chi connectivity index (χ3v) is 4.33. The molecular weight excluding hydrogens is 196 g/mol. The Kier molecular flexibility index (Phi) is 2.38.